The van der Waals surface area contributed by atoms with Gasteiger partial charge in [0.2, 0.25) is 0 Å². The molecule has 0 unspecified atom stereocenters. The Morgan fingerprint density at radius 1 is 1.09 bits per heavy atom. The van der Waals surface area contributed by atoms with E-state index in [2.05, 4.69) is 24.5 Å². The van der Waals surface area contributed by atoms with E-state index in [9.17, 15) is 0 Å². The van der Waals surface area contributed by atoms with E-state index in [1.165, 1.54) is 25.7 Å². The van der Waals surface area contributed by atoms with E-state index in [4.69, 9.17) is 14.5 Å². The average molecular weight is 441 g/mol. The summed E-state index contributed by atoms with van der Waals surface area (Å²) in [5.41, 5.74) is 0.484. The third-order valence-electron chi connectivity index (χ3n) is 4.52. The van der Waals surface area contributed by atoms with E-state index < -0.39 is 0 Å². The van der Waals surface area contributed by atoms with Crippen LogP contribution < -0.4 is 10.6 Å². The van der Waals surface area contributed by atoms with Crippen molar-refractivity contribution < 1.29 is 9.47 Å². The van der Waals surface area contributed by atoms with Gasteiger partial charge in [0.15, 0.2) is 5.96 Å². The first-order valence-electron chi connectivity index (χ1n) is 8.85. The molecule has 0 radical (unpaired) electrons. The van der Waals surface area contributed by atoms with E-state index >= 15 is 0 Å². The third kappa shape index (κ3) is 9.72. The first-order chi connectivity index (χ1) is 10.8. The number of halogens is 1. The molecule has 0 spiro atoms. The van der Waals surface area contributed by atoms with E-state index in [1.807, 2.05) is 0 Å². The number of unbranched alkanes of at least 4 members (excludes halogenated alkanes) is 1. The van der Waals surface area contributed by atoms with Crippen LogP contribution in [0.5, 0.6) is 0 Å². The molecule has 1 saturated carbocycles. The maximum atomic E-state index is 5.46. The summed E-state index contributed by atoms with van der Waals surface area (Å²) in [6, 6.07) is 0. The van der Waals surface area contributed by atoms with E-state index in [0.29, 0.717) is 18.6 Å². The highest BCUT2D eigenvalue weighted by Gasteiger charge is 2.34. The molecule has 0 aromatic carbocycles. The molecule has 6 heteroatoms. The van der Waals surface area contributed by atoms with E-state index in [1.54, 1.807) is 7.11 Å². The highest BCUT2D eigenvalue weighted by Crippen LogP contribution is 2.43. The fraction of sp³-hybridized carbons (Fsp3) is 0.941. The Morgan fingerprint density at radius 3 is 2.43 bits per heavy atom. The summed E-state index contributed by atoms with van der Waals surface area (Å²) in [6.07, 6.45) is 7.45. The molecule has 0 amide bonds. The number of ether oxygens (including phenoxy) is 2. The minimum atomic E-state index is 0. The zero-order chi connectivity index (χ0) is 16.1. The van der Waals surface area contributed by atoms with Gasteiger partial charge in [-0.15, -0.1) is 24.0 Å². The highest BCUT2D eigenvalue weighted by molar-refractivity contribution is 14.0. The average Bonchev–Trinajstić information content (AvgIpc) is 2.49. The molecule has 23 heavy (non-hydrogen) atoms. The molecule has 1 aliphatic carbocycles. The minimum absolute atomic E-state index is 0. The second-order valence-electron chi connectivity index (χ2n) is 6.14. The maximum Gasteiger partial charge on any atom is 0.191 e. The van der Waals surface area contributed by atoms with Crippen molar-refractivity contribution in [3.05, 3.63) is 0 Å². The Kier molecular flexibility index (Phi) is 14.2. The lowest BCUT2D eigenvalue weighted by Crippen LogP contribution is -2.40. The summed E-state index contributed by atoms with van der Waals surface area (Å²) < 4.78 is 10.4. The van der Waals surface area contributed by atoms with Crippen LogP contribution in [0.4, 0.5) is 0 Å². The van der Waals surface area contributed by atoms with Gasteiger partial charge < -0.3 is 20.1 Å². The Hall–Kier alpha value is -0.0800. The summed E-state index contributed by atoms with van der Waals surface area (Å²) in [5, 5.41) is 6.76. The standard InChI is InChI=1S/C17H35N3O2.HI/c1-4-17(9-8-10-17)15-20-16(18-5-2)19-11-6-7-12-22-14-13-21-3;/h4-15H2,1-3H3,(H2,18,19,20);1H. The summed E-state index contributed by atoms with van der Waals surface area (Å²) in [4.78, 5) is 4.78. The van der Waals surface area contributed by atoms with Gasteiger partial charge in [0.05, 0.1) is 13.2 Å². The molecule has 0 aromatic rings. The number of nitrogens with one attached hydrogen (secondary N) is 2. The van der Waals surface area contributed by atoms with Gasteiger partial charge in [-0.3, -0.25) is 4.99 Å². The summed E-state index contributed by atoms with van der Waals surface area (Å²) in [5.74, 6) is 0.961. The molecule has 1 aliphatic rings. The Bertz CT molecular complexity index is 305. The van der Waals surface area contributed by atoms with Crippen molar-refractivity contribution in [1.29, 1.82) is 0 Å². The van der Waals surface area contributed by atoms with Gasteiger partial charge >= 0.3 is 0 Å². The topological polar surface area (TPSA) is 54.9 Å². The van der Waals surface area contributed by atoms with E-state index in [0.717, 1.165) is 45.0 Å². The molecular formula is C17H36IN3O2. The molecular weight excluding hydrogens is 405 g/mol. The Morgan fingerprint density at radius 2 is 1.87 bits per heavy atom. The number of hydrogen-bond acceptors (Lipinski definition) is 3. The van der Waals surface area contributed by atoms with Crippen LogP contribution in [0.1, 0.15) is 52.4 Å². The predicted molar refractivity (Wildman–Crippen MR) is 108 cm³/mol. The van der Waals surface area contributed by atoms with Crippen LogP contribution in [0.25, 0.3) is 0 Å². The van der Waals surface area contributed by atoms with Crippen molar-refractivity contribution in [1.82, 2.24) is 10.6 Å². The molecule has 0 bridgehead atoms. The summed E-state index contributed by atoms with van der Waals surface area (Å²) in [6.45, 7) is 9.38. The molecule has 0 heterocycles. The minimum Gasteiger partial charge on any atom is -0.382 e. The molecule has 1 rings (SSSR count). The van der Waals surface area contributed by atoms with Gasteiger partial charge in [0.25, 0.3) is 0 Å². The van der Waals surface area contributed by atoms with Gasteiger partial charge in [0.1, 0.15) is 0 Å². The van der Waals surface area contributed by atoms with Crippen molar-refractivity contribution in [2.75, 3.05) is 46.6 Å². The number of hydrogen-bond donors (Lipinski definition) is 2. The van der Waals surface area contributed by atoms with Crippen molar-refractivity contribution >= 4 is 29.9 Å². The number of rotatable bonds is 12. The number of aliphatic imine (C=N–C) groups is 1. The molecule has 5 nitrogen and oxygen atoms in total. The fourth-order valence-electron chi connectivity index (χ4n) is 2.67. The Labute approximate surface area is 159 Å². The molecule has 0 aromatic heterocycles. The molecule has 0 saturated heterocycles. The van der Waals surface area contributed by atoms with Crippen LogP contribution in [0, 0.1) is 5.41 Å². The van der Waals surface area contributed by atoms with Crippen molar-refractivity contribution in [2.24, 2.45) is 10.4 Å². The first kappa shape index (κ1) is 22.9. The summed E-state index contributed by atoms with van der Waals surface area (Å²) >= 11 is 0. The maximum absolute atomic E-state index is 5.46. The lowest BCUT2D eigenvalue weighted by atomic mass is 9.67. The predicted octanol–water partition coefficient (Wildman–Crippen LogP) is 3.18. The number of methoxy groups -OCH3 is 1. The van der Waals surface area contributed by atoms with Gasteiger partial charge in [-0.2, -0.15) is 0 Å². The normalized spacial score (nSPS) is 16.4. The molecule has 1 fully saturated rings. The summed E-state index contributed by atoms with van der Waals surface area (Å²) in [7, 11) is 1.70. The molecule has 2 N–H and O–H groups in total. The van der Waals surface area contributed by atoms with Crippen LogP contribution in [0.3, 0.4) is 0 Å². The fourth-order valence-corrected chi connectivity index (χ4v) is 2.67. The van der Waals surface area contributed by atoms with Gasteiger partial charge in [-0.05, 0) is 44.4 Å². The quantitative estimate of drug-likeness (QED) is 0.212. The third-order valence-corrected chi connectivity index (χ3v) is 4.52. The monoisotopic (exact) mass is 441 g/mol. The smallest absolute Gasteiger partial charge is 0.191 e. The number of nitrogens with zero attached hydrogens (tertiary/aromatic N) is 1. The van der Waals surface area contributed by atoms with Crippen molar-refractivity contribution in [3.8, 4) is 0 Å². The van der Waals surface area contributed by atoms with Crippen LogP contribution >= 0.6 is 24.0 Å². The lowest BCUT2D eigenvalue weighted by molar-refractivity contribution is 0.0689. The number of guanidine groups is 1. The van der Waals surface area contributed by atoms with Crippen LogP contribution in [0.2, 0.25) is 0 Å². The van der Waals surface area contributed by atoms with Gasteiger partial charge in [-0.25, -0.2) is 0 Å². The molecule has 138 valence electrons. The zero-order valence-corrected chi connectivity index (χ0v) is 17.5. The van der Waals surface area contributed by atoms with Crippen LogP contribution in [-0.4, -0.2) is 52.5 Å². The van der Waals surface area contributed by atoms with Crippen molar-refractivity contribution in [3.63, 3.8) is 0 Å². The largest absolute Gasteiger partial charge is 0.382 e. The SMILES string of the molecule is CCNC(=NCC1(CC)CCC1)NCCCCOCCOC.I. The van der Waals surface area contributed by atoms with Crippen LogP contribution in [-0.2, 0) is 9.47 Å². The Balaban J connectivity index is 0.00000484. The van der Waals surface area contributed by atoms with Gasteiger partial charge in [0, 0.05) is 33.4 Å². The second kappa shape index (κ2) is 14.3. The van der Waals surface area contributed by atoms with Crippen LogP contribution in [0.15, 0.2) is 4.99 Å². The first-order valence-corrected chi connectivity index (χ1v) is 8.85. The second-order valence-corrected chi connectivity index (χ2v) is 6.14. The van der Waals surface area contributed by atoms with Gasteiger partial charge in [-0.1, -0.05) is 13.3 Å². The van der Waals surface area contributed by atoms with Crippen molar-refractivity contribution in [2.45, 2.75) is 52.4 Å². The zero-order valence-electron chi connectivity index (χ0n) is 15.2. The molecule has 0 atom stereocenters. The highest BCUT2D eigenvalue weighted by atomic mass is 127. The molecule has 0 aliphatic heterocycles. The lowest BCUT2D eigenvalue weighted by Gasteiger charge is -2.40. The van der Waals surface area contributed by atoms with E-state index in [-0.39, 0.29) is 24.0 Å².